The van der Waals surface area contributed by atoms with E-state index >= 15 is 0 Å². The highest BCUT2D eigenvalue weighted by molar-refractivity contribution is 5.33. The van der Waals surface area contributed by atoms with Gasteiger partial charge >= 0.3 is 0 Å². The summed E-state index contributed by atoms with van der Waals surface area (Å²) in [5.41, 5.74) is 3.93. The van der Waals surface area contributed by atoms with Crippen LogP contribution in [0.3, 0.4) is 0 Å². The van der Waals surface area contributed by atoms with Crippen molar-refractivity contribution in [2.24, 2.45) is 0 Å². The molecule has 24 heavy (non-hydrogen) atoms. The first-order valence-electron chi connectivity index (χ1n) is 8.50. The molecule has 0 saturated carbocycles. The van der Waals surface area contributed by atoms with Gasteiger partial charge in [0, 0.05) is 12.4 Å². The van der Waals surface area contributed by atoms with Crippen LogP contribution < -0.4 is 0 Å². The van der Waals surface area contributed by atoms with Gasteiger partial charge in [-0.1, -0.05) is 49.4 Å². The van der Waals surface area contributed by atoms with Crippen LogP contribution in [0.25, 0.3) is 0 Å². The molecule has 2 atom stereocenters. The number of nitrogens with zero attached hydrogens (tertiary/aromatic N) is 1. The molecule has 122 valence electrons. The van der Waals surface area contributed by atoms with Gasteiger partial charge in [-0.05, 0) is 65.6 Å². The first-order valence-corrected chi connectivity index (χ1v) is 8.50. The molecular formula is C22H23NO. The van der Waals surface area contributed by atoms with Gasteiger partial charge in [0.25, 0.3) is 0 Å². The van der Waals surface area contributed by atoms with Gasteiger partial charge in [0.05, 0.1) is 0 Å². The Balaban J connectivity index is 1.97. The number of rotatable bonds is 6. The average Bonchev–Trinajstić information content (AvgIpc) is 2.64. The van der Waals surface area contributed by atoms with Crippen molar-refractivity contribution in [2.45, 2.75) is 31.6 Å². The summed E-state index contributed by atoms with van der Waals surface area (Å²) in [6.45, 7) is 2.23. The van der Waals surface area contributed by atoms with Crippen LogP contribution in [-0.2, 0) is 6.42 Å². The fourth-order valence-corrected chi connectivity index (χ4v) is 3.45. The topological polar surface area (TPSA) is 33.1 Å². The average molecular weight is 317 g/mol. The Kier molecular flexibility index (Phi) is 5.27. The monoisotopic (exact) mass is 317 g/mol. The van der Waals surface area contributed by atoms with E-state index in [2.05, 4.69) is 54.4 Å². The molecule has 0 unspecified atom stereocenters. The number of aromatic nitrogens is 1. The van der Waals surface area contributed by atoms with Crippen molar-refractivity contribution in [3.8, 4) is 5.75 Å². The molecule has 0 aliphatic rings. The summed E-state index contributed by atoms with van der Waals surface area (Å²) in [6, 6.07) is 22.5. The van der Waals surface area contributed by atoms with Gasteiger partial charge in [-0.15, -0.1) is 0 Å². The summed E-state index contributed by atoms with van der Waals surface area (Å²) in [4.78, 5) is 4.17. The maximum atomic E-state index is 9.59. The largest absolute Gasteiger partial charge is 0.508 e. The van der Waals surface area contributed by atoms with E-state index in [0.717, 1.165) is 12.8 Å². The van der Waals surface area contributed by atoms with Crippen LogP contribution in [0.2, 0.25) is 0 Å². The molecule has 0 saturated heterocycles. The standard InChI is InChI=1S/C22H23NO/c1-2-21(18-8-10-20(24)11-9-18)22(19-12-14-23-15-13-19)16-17-6-4-3-5-7-17/h3-15,21-22,24H,2,16H2,1H3/t21-,22-/m0/s1. The zero-order valence-electron chi connectivity index (χ0n) is 14.0. The first kappa shape index (κ1) is 16.3. The predicted molar refractivity (Wildman–Crippen MR) is 98.3 cm³/mol. The van der Waals surface area contributed by atoms with E-state index in [1.807, 2.05) is 24.5 Å². The third kappa shape index (κ3) is 3.83. The molecule has 0 fully saturated rings. The van der Waals surface area contributed by atoms with E-state index in [4.69, 9.17) is 0 Å². The summed E-state index contributed by atoms with van der Waals surface area (Å²) in [7, 11) is 0. The van der Waals surface area contributed by atoms with Gasteiger partial charge < -0.3 is 5.11 Å². The lowest BCUT2D eigenvalue weighted by Crippen LogP contribution is -2.14. The third-order valence-electron chi connectivity index (χ3n) is 4.68. The number of hydrogen-bond donors (Lipinski definition) is 1. The maximum Gasteiger partial charge on any atom is 0.115 e. The molecule has 1 heterocycles. The van der Waals surface area contributed by atoms with Crippen molar-refractivity contribution in [1.29, 1.82) is 0 Å². The van der Waals surface area contributed by atoms with Crippen molar-refractivity contribution >= 4 is 0 Å². The number of pyridine rings is 1. The second-order valence-corrected chi connectivity index (χ2v) is 6.18. The molecule has 1 N–H and O–H groups in total. The second kappa shape index (κ2) is 7.78. The lowest BCUT2D eigenvalue weighted by atomic mass is 9.77. The molecule has 0 spiro atoms. The van der Waals surface area contributed by atoms with Crippen molar-refractivity contribution in [2.75, 3.05) is 0 Å². The Morgan fingerprint density at radius 3 is 2.04 bits per heavy atom. The lowest BCUT2D eigenvalue weighted by Gasteiger charge is -2.27. The van der Waals surface area contributed by atoms with Crippen LogP contribution in [0.5, 0.6) is 5.75 Å². The molecule has 3 rings (SSSR count). The van der Waals surface area contributed by atoms with Crippen LogP contribution in [0, 0.1) is 0 Å². The van der Waals surface area contributed by atoms with E-state index in [1.54, 1.807) is 12.1 Å². The fraction of sp³-hybridized carbons (Fsp3) is 0.227. The molecule has 0 radical (unpaired) electrons. The van der Waals surface area contributed by atoms with Crippen molar-refractivity contribution in [3.05, 3.63) is 95.8 Å². The molecule has 0 amide bonds. The summed E-state index contributed by atoms with van der Waals surface area (Å²) in [6.07, 6.45) is 5.78. The van der Waals surface area contributed by atoms with Crippen LogP contribution in [0.15, 0.2) is 79.1 Å². The van der Waals surface area contributed by atoms with Gasteiger partial charge in [-0.25, -0.2) is 0 Å². The van der Waals surface area contributed by atoms with Crippen molar-refractivity contribution in [3.63, 3.8) is 0 Å². The maximum absolute atomic E-state index is 9.59. The SMILES string of the molecule is CC[C@@H](c1ccc(O)cc1)[C@@H](Cc1ccccc1)c1ccncc1. The van der Waals surface area contributed by atoms with Crippen LogP contribution in [0.4, 0.5) is 0 Å². The van der Waals surface area contributed by atoms with E-state index in [1.165, 1.54) is 16.7 Å². The number of phenols is 1. The third-order valence-corrected chi connectivity index (χ3v) is 4.68. The molecule has 3 aromatic rings. The first-order chi connectivity index (χ1) is 11.8. The van der Waals surface area contributed by atoms with E-state index in [9.17, 15) is 5.11 Å². The molecular weight excluding hydrogens is 294 g/mol. The van der Waals surface area contributed by atoms with E-state index < -0.39 is 0 Å². The smallest absolute Gasteiger partial charge is 0.115 e. The van der Waals surface area contributed by atoms with Crippen LogP contribution in [-0.4, -0.2) is 10.1 Å². The van der Waals surface area contributed by atoms with Gasteiger partial charge in [0.2, 0.25) is 0 Å². The Morgan fingerprint density at radius 2 is 1.42 bits per heavy atom. The molecule has 0 bridgehead atoms. The Hall–Kier alpha value is -2.61. The molecule has 0 aliphatic carbocycles. The fourth-order valence-electron chi connectivity index (χ4n) is 3.45. The summed E-state index contributed by atoms with van der Waals surface area (Å²) < 4.78 is 0. The Labute approximate surface area is 143 Å². The van der Waals surface area contributed by atoms with Gasteiger partial charge in [-0.3, -0.25) is 4.98 Å². The number of hydrogen-bond acceptors (Lipinski definition) is 2. The predicted octanol–water partition coefficient (Wildman–Crippen LogP) is 5.31. The zero-order chi connectivity index (χ0) is 16.8. The molecule has 2 heteroatoms. The highest BCUT2D eigenvalue weighted by atomic mass is 16.3. The van der Waals surface area contributed by atoms with E-state index in [-0.39, 0.29) is 0 Å². The van der Waals surface area contributed by atoms with E-state index in [0.29, 0.717) is 17.6 Å². The zero-order valence-corrected chi connectivity index (χ0v) is 14.0. The van der Waals surface area contributed by atoms with Gasteiger partial charge in [0.1, 0.15) is 5.75 Å². The van der Waals surface area contributed by atoms with Gasteiger partial charge in [-0.2, -0.15) is 0 Å². The highest BCUT2D eigenvalue weighted by Crippen LogP contribution is 2.38. The molecule has 1 aromatic heterocycles. The Morgan fingerprint density at radius 1 is 0.792 bits per heavy atom. The lowest BCUT2D eigenvalue weighted by molar-refractivity contribution is 0.473. The molecule has 2 nitrogen and oxygen atoms in total. The summed E-state index contributed by atoms with van der Waals surface area (Å²) in [5, 5.41) is 9.59. The molecule has 2 aromatic carbocycles. The minimum atomic E-state index is 0.317. The number of benzene rings is 2. The number of aromatic hydroxyl groups is 1. The molecule has 0 aliphatic heterocycles. The Bertz CT molecular complexity index is 738. The highest BCUT2D eigenvalue weighted by Gasteiger charge is 2.24. The normalized spacial score (nSPS) is 13.4. The van der Waals surface area contributed by atoms with Crippen molar-refractivity contribution < 1.29 is 5.11 Å². The van der Waals surface area contributed by atoms with Crippen LogP contribution in [0.1, 0.15) is 41.9 Å². The minimum Gasteiger partial charge on any atom is -0.508 e. The van der Waals surface area contributed by atoms with Crippen molar-refractivity contribution in [1.82, 2.24) is 4.98 Å². The summed E-state index contributed by atoms with van der Waals surface area (Å²) in [5.74, 6) is 1.09. The quantitative estimate of drug-likeness (QED) is 0.668. The minimum absolute atomic E-state index is 0.317. The van der Waals surface area contributed by atoms with Crippen LogP contribution >= 0.6 is 0 Å². The van der Waals surface area contributed by atoms with Gasteiger partial charge in [0.15, 0.2) is 0 Å². The second-order valence-electron chi connectivity index (χ2n) is 6.18. The number of phenolic OH excluding ortho intramolecular Hbond substituents is 1. The summed E-state index contributed by atoms with van der Waals surface area (Å²) >= 11 is 0.